The summed E-state index contributed by atoms with van der Waals surface area (Å²) in [6, 6.07) is 4.12. The molecule has 8 heteroatoms. The summed E-state index contributed by atoms with van der Waals surface area (Å²) < 4.78 is 31.9. The molecule has 0 unspecified atom stereocenters. The summed E-state index contributed by atoms with van der Waals surface area (Å²) in [5.74, 6) is 0.106. The number of hydrogen-bond donors (Lipinski definition) is 0. The molecular formula is C11H13NO6S. The number of ether oxygens (including phenoxy) is 1. The minimum absolute atomic E-state index is 0.0232. The maximum absolute atomic E-state index is 11.3. The van der Waals surface area contributed by atoms with Gasteiger partial charge in [-0.1, -0.05) is 6.07 Å². The summed E-state index contributed by atoms with van der Waals surface area (Å²) in [7, 11) is -2.44. The van der Waals surface area contributed by atoms with E-state index >= 15 is 0 Å². The predicted molar refractivity (Wildman–Crippen MR) is 69.2 cm³/mol. The van der Waals surface area contributed by atoms with Crippen LogP contribution >= 0.6 is 0 Å². The Bertz CT molecular complexity index is 593. The van der Waals surface area contributed by atoms with Gasteiger partial charge in [-0.2, -0.15) is 8.42 Å². The van der Waals surface area contributed by atoms with Gasteiger partial charge in [-0.3, -0.25) is 14.3 Å². The molecular weight excluding hydrogens is 274 g/mol. The van der Waals surface area contributed by atoms with Crippen LogP contribution < -0.4 is 4.74 Å². The highest BCUT2D eigenvalue weighted by molar-refractivity contribution is 7.89. The van der Waals surface area contributed by atoms with Crippen LogP contribution in [0.5, 0.6) is 5.75 Å². The van der Waals surface area contributed by atoms with Crippen molar-refractivity contribution in [3.05, 3.63) is 39.3 Å². The molecule has 7 nitrogen and oxygen atoms in total. The van der Waals surface area contributed by atoms with E-state index in [2.05, 4.69) is 4.18 Å². The highest BCUT2D eigenvalue weighted by atomic mass is 32.2. The van der Waals surface area contributed by atoms with Crippen molar-refractivity contribution in [1.82, 2.24) is 0 Å². The van der Waals surface area contributed by atoms with Crippen molar-refractivity contribution in [2.24, 2.45) is 0 Å². The predicted octanol–water partition coefficient (Wildman–Crippen LogP) is 1.94. The number of nitro groups is 1. The first-order valence-corrected chi connectivity index (χ1v) is 6.76. The molecule has 0 aliphatic rings. The van der Waals surface area contributed by atoms with E-state index in [-0.39, 0.29) is 18.0 Å². The van der Waals surface area contributed by atoms with E-state index < -0.39 is 15.0 Å². The van der Waals surface area contributed by atoms with Crippen molar-refractivity contribution in [3.8, 4) is 5.75 Å². The number of hydrogen-bond acceptors (Lipinski definition) is 6. The van der Waals surface area contributed by atoms with Crippen molar-refractivity contribution in [2.45, 2.75) is 6.92 Å². The molecule has 0 aromatic heterocycles. The van der Waals surface area contributed by atoms with E-state index in [1.807, 2.05) is 0 Å². The van der Waals surface area contributed by atoms with Gasteiger partial charge in [0.1, 0.15) is 0 Å². The Labute approximate surface area is 110 Å². The van der Waals surface area contributed by atoms with Crippen LogP contribution in [0.3, 0.4) is 0 Å². The van der Waals surface area contributed by atoms with Gasteiger partial charge in [0.05, 0.1) is 24.0 Å². The molecule has 1 rings (SSSR count). The number of nitrogens with zero attached hydrogens (tertiary/aromatic N) is 1. The maximum Gasteiger partial charge on any atom is 0.311 e. The van der Waals surface area contributed by atoms with E-state index in [1.165, 1.54) is 31.4 Å². The summed E-state index contributed by atoms with van der Waals surface area (Å²) in [5.41, 5.74) is 0.120. The van der Waals surface area contributed by atoms with Crippen LogP contribution in [0.25, 0.3) is 6.08 Å². The zero-order chi connectivity index (χ0) is 14.5. The van der Waals surface area contributed by atoms with Crippen LogP contribution in [0.1, 0.15) is 12.5 Å². The lowest BCUT2D eigenvalue weighted by Gasteiger charge is -2.02. The Morgan fingerprint density at radius 2 is 2.11 bits per heavy atom. The second-order valence-corrected chi connectivity index (χ2v) is 4.88. The summed E-state index contributed by atoms with van der Waals surface area (Å²) in [6.45, 7) is 1.57. The summed E-state index contributed by atoms with van der Waals surface area (Å²) in [4.78, 5) is 10.2. The third-order valence-corrected chi connectivity index (χ3v) is 3.14. The van der Waals surface area contributed by atoms with Gasteiger partial charge < -0.3 is 4.74 Å². The highest BCUT2D eigenvalue weighted by Crippen LogP contribution is 2.28. The molecule has 1 aromatic rings. The molecule has 0 amide bonds. The minimum atomic E-state index is -3.76. The lowest BCUT2D eigenvalue weighted by atomic mass is 10.2. The fourth-order valence-corrected chi connectivity index (χ4v) is 2.05. The van der Waals surface area contributed by atoms with Gasteiger partial charge in [0.25, 0.3) is 10.1 Å². The number of rotatable bonds is 6. The summed E-state index contributed by atoms with van der Waals surface area (Å²) >= 11 is 0. The van der Waals surface area contributed by atoms with E-state index in [0.717, 1.165) is 5.41 Å². The zero-order valence-electron chi connectivity index (χ0n) is 10.4. The van der Waals surface area contributed by atoms with Gasteiger partial charge in [-0.05, 0) is 24.6 Å². The zero-order valence-corrected chi connectivity index (χ0v) is 11.2. The first kappa shape index (κ1) is 15.1. The number of benzene rings is 1. The second-order valence-electron chi connectivity index (χ2n) is 3.39. The number of nitro benzene ring substituents is 1. The Morgan fingerprint density at radius 3 is 2.63 bits per heavy atom. The SMILES string of the molecule is CCOS(=O)(=O)/C=C/c1ccc(OC)c([N+](=O)[O-])c1. The molecule has 0 spiro atoms. The molecule has 0 saturated heterocycles. The van der Waals surface area contributed by atoms with Crippen LogP contribution in [0.2, 0.25) is 0 Å². The molecule has 0 saturated carbocycles. The molecule has 0 heterocycles. The van der Waals surface area contributed by atoms with E-state index in [9.17, 15) is 18.5 Å². The molecule has 19 heavy (non-hydrogen) atoms. The summed E-state index contributed by atoms with van der Waals surface area (Å²) in [6.07, 6.45) is 1.22. The topological polar surface area (TPSA) is 95.7 Å². The Balaban J connectivity index is 3.07. The summed E-state index contributed by atoms with van der Waals surface area (Å²) in [5, 5.41) is 11.6. The van der Waals surface area contributed by atoms with Crippen molar-refractivity contribution in [2.75, 3.05) is 13.7 Å². The first-order chi connectivity index (χ1) is 8.89. The highest BCUT2D eigenvalue weighted by Gasteiger charge is 2.14. The van der Waals surface area contributed by atoms with Crippen molar-refractivity contribution in [1.29, 1.82) is 0 Å². The van der Waals surface area contributed by atoms with Gasteiger partial charge in [0.2, 0.25) is 0 Å². The van der Waals surface area contributed by atoms with Gasteiger partial charge in [0, 0.05) is 6.07 Å². The molecule has 0 atom stereocenters. The Hall–Kier alpha value is -1.93. The van der Waals surface area contributed by atoms with Crippen LogP contribution in [0, 0.1) is 10.1 Å². The largest absolute Gasteiger partial charge is 0.490 e. The van der Waals surface area contributed by atoms with Crippen LogP contribution in [0.4, 0.5) is 5.69 Å². The second kappa shape index (κ2) is 6.30. The van der Waals surface area contributed by atoms with Gasteiger partial charge >= 0.3 is 5.69 Å². The normalized spacial score (nSPS) is 11.7. The lowest BCUT2D eigenvalue weighted by molar-refractivity contribution is -0.385. The fraction of sp³-hybridized carbons (Fsp3) is 0.273. The molecule has 0 radical (unpaired) electrons. The van der Waals surface area contributed by atoms with E-state index in [0.29, 0.717) is 5.56 Å². The third-order valence-electron chi connectivity index (χ3n) is 2.11. The first-order valence-electron chi connectivity index (χ1n) is 5.29. The van der Waals surface area contributed by atoms with Gasteiger partial charge in [0.15, 0.2) is 5.75 Å². The van der Waals surface area contributed by atoms with E-state index in [4.69, 9.17) is 4.74 Å². The Morgan fingerprint density at radius 1 is 1.42 bits per heavy atom. The van der Waals surface area contributed by atoms with E-state index in [1.54, 1.807) is 6.92 Å². The maximum atomic E-state index is 11.3. The smallest absolute Gasteiger partial charge is 0.311 e. The molecule has 0 fully saturated rings. The fourth-order valence-electron chi connectivity index (χ4n) is 1.32. The van der Waals surface area contributed by atoms with Crippen molar-refractivity contribution >= 4 is 21.9 Å². The monoisotopic (exact) mass is 287 g/mol. The van der Waals surface area contributed by atoms with Crippen LogP contribution in [-0.4, -0.2) is 27.1 Å². The minimum Gasteiger partial charge on any atom is -0.490 e. The standard InChI is InChI=1S/C11H13NO6S/c1-3-18-19(15,16)7-6-9-4-5-11(17-2)10(8-9)12(13)14/h4-8H,3H2,1-2H3/b7-6+. The van der Waals surface area contributed by atoms with Crippen molar-refractivity contribution in [3.63, 3.8) is 0 Å². The van der Waals surface area contributed by atoms with Crippen LogP contribution in [0.15, 0.2) is 23.6 Å². The van der Waals surface area contributed by atoms with Crippen LogP contribution in [-0.2, 0) is 14.3 Å². The molecule has 0 bridgehead atoms. The Kier molecular flexibility index (Phi) is 5.02. The molecule has 1 aromatic carbocycles. The average molecular weight is 287 g/mol. The quantitative estimate of drug-likeness (QED) is 0.450. The van der Waals surface area contributed by atoms with Crippen molar-refractivity contribution < 1.29 is 22.3 Å². The van der Waals surface area contributed by atoms with Gasteiger partial charge in [-0.25, -0.2) is 0 Å². The molecule has 0 aliphatic heterocycles. The molecule has 0 aliphatic carbocycles. The third kappa shape index (κ3) is 4.34. The lowest BCUT2D eigenvalue weighted by Crippen LogP contribution is -2.00. The number of methoxy groups -OCH3 is 1. The molecule has 104 valence electrons. The molecule has 0 N–H and O–H groups in total. The van der Waals surface area contributed by atoms with Gasteiger partial charge in [-0.15, -0.1) is 0 Å². The average Bonchev–Trinajstić information content (AvgIpc) is 2.36.